The molecule has 1 heterocycles. The first-order valence-corrected chi connectivity index (χ1v) is 7.02. The molecule has 0 atom stereocenters. The lowest BCUT2D eigenvalue weighted by molar-refractivity contribution is 0.601. The molecular formula is C12H8ClN3O2S. The molecule has 2 rings (SSSR count). The molecule has 0 radical (unpaired) electrons. The Hall–Kier alpha value is -2.10. The standard InChI is InChI=1S/C12H8ClN3O2S/c13-12-7-11(4-5-15-12)19(17,18)16-10-3-1-2-9(6-10)8-14/h1-7,16H. The van der Waals surface area contributed by atoms with Gasteiger partial charge in [-0.1, -0.05) is 17.7 Å². The molecule has 1 aromatic heterocycles. The van der Waals surface area contributed by atoms with E-state index in [1.807, 2.05) is 6.07 Å². The number of anilines is 1. The predicted octanol–water partition coefficient (Wildman–Crippen LogP) is 2.41. The highest BCUT2D eigenvalue weighted by Gasteiger charge is 2.14. The Kier molecular flexibility index (Phi) is 3.69. The van der Waals surface area contributed by atoms with E-state index in [-0.39, 0.29) is 10.0 Å². The van der Waals surface area contributed by atoms with E-state index in [1.165, 1.54) is 24.4 Å². The lowest BCUT2D eigenvalue weighted by Gasteiger charge is -2.08. The summed E-state index contributed by atoms with van der Waals surface area (Å²) in [6, 6.07) is 10.7. The van der Waals surface area contributed by atoms with Crippen molar-refractivity contribution in [2.24, 2.45) is 0 Å². The molecule has 0 bridgehead atoms. The molecule has 7 heteroatoms. The number of nitrogens with zero attached hydrogens (tertiary/aromatic N) is 2. The van der Waals surface area contributed by atoms with Crippen LogP contribution in [0.5, 0.6) is 0 Å². The smallest absolute Gasteiger partial charge is 0.262 e. The van der Waals surface area contributed by atoms with Crippen molar-refractivity contribution in [2.75, 3.05) is 4.72 Å². The molecule has 96 valence electrons. The summed E-state index contributed by atoms with van der Waals surface area (Å²) >= 11 is 5.66. The second-order valence-electron chi connectivity index (χ2n) is 3.61. The third kappa shape index (κ3) is 3.22. The van der Waals surface area contributed by atoms with E-state index in [0.717, 1.165) is 0 Å². The molecule has 0 aliphatic rings. The van der Waals surface area contributed by atoms with Crippen molar-refractivity contribution in [3.8, 4) is 6.07 Å². The molecule has 0 saturated carbocycles. The molecular weight excluding hydrogens is 286 g/mol. The second kappa shape index (κ2) is 5.26. The van der Waals surface area contributed by atoms with Gasteiger partial charge in [0.15, 0.2) is 0 Å². The zero-order valence-corrected chi connectivity index (χ0v) is 11.1. The summed E-state index contributed by atoms with van der Waals surface area (Å²) in [6.07, 6.45) is 1.31. The summed E-state index contributed by atoms with van der Waals surface area (Å²) in [4.78, 5) is 3.73. The highest BCUT2D eigenvalue weighted by atomic mass is 35.5. The van der Waals surface area contributed by atoms with Crippen molar-refractivity contribution in [1.29, 1.82) is 5.26 Å². The first-order valence-electron chi connectivity index (χ1n) is 5.16. The van der Waals surface area contributed by atoms with Gasteiger partial charge in [0, 0.05) is 6.20 Å². The van der Waals surface area contributed by atoms with Gasteiger partial charge in [-0.15, -0.1) is 0 Å². The van der Waals surface area contributed by atoms with Crippen molar-refractivity contribution in [3.63, 3.8) is 0 Å². The molecule has 0 amide bonds. The van der Waals surface area contributed by atoms with Crippen LogP contribution in [0.15, 0.2) is 47.5 Å². The number of hydrogen-bond acceptors (Lipinski definition) is 4. The average Bonchev–Trinajstić information content (AvgIpc) is 2.38. The summed E-state index contributed by atoms with van der Waals surface area (Å²) in [5.74, 6) is 0. The van der Waals surface area contributed by atoms with Gasteiger partial charge in [0.05, 0.1) is 22.2 Å². The number of nitriles is 1. The highest BCUT2D eigenvalue weighted by Crippen LogP contribution is 2.18. The van der Waals surface area contributed by atoms with Crippen LogP contribution in [0.3, 0.4) is 0 Å². The number of benzene rings is 1. The minimum absolute atomic E-state index is 0.00913. The fourth-order valence-corrected chi connectivity index (χ4v) is 2.72. The van der Waals surface area contributed by atoms with E-state index >= 15 is 0 Å². The van der Waals surface area contributed by atoms with Gasteiger partial charge in [-0.05, 0) is 30.3 Å². The van der Waals surface area contributed by atoms with Gasteiger partial charge < -0.3 is 0 Å². The first-order chi connectivity index (χ1) is 9.01. The molecule has 5 nitrogen and oxygen atoms in total. The SMILES string of the molecule is N#Cc1cccc(NS(=O)(=O)c2ccnc(Cl)c2)c1. The van der Waals surface area contributed by atoms with Crippen LogP contribution in [0.2, 0.25) is 5.15 Å². The van der Waals surface area contributed by atoms with E-state index in [2.05, 4.69) is 9.71 Å². The summed E-state index contributed by atoms with van der Waals surface area (Å²) in [5, 5.41) is 8.85. The van der Waals surface area contributed by atoms with Crippen molar-refractivity contribution >= 4 is 27.3 Å². The van der Waals surface area contributed by atoms with Crippen LogP contribution in [0.25, 0.3) is 0 Å². The zero-order valence-electron chi connectivity index (χ0n) is 9.54. The van der Waals surface area contributed by atoms with Gasteiger partial charge in [0.2, 0.25) is 0 Å². The Bertz CT molecular complexity index is 754. The summed E-state index contributed by atoms with van der Waals surface area (Å²) < 4.78 is 26.5. The summed E-state index contributed by atoms with van der Waals surface area (Å²) in [6.45, 7) is 0. The molecule has 0 aliphatic carbocycles. The Morgan fingerprint density at radius 1 is 1.26 bits per heavy atom. The zero-order chi connectivity index (χ0) is 13.9. The van der Waals surface area contributed by atoms with Crippen LogP contribution >= 0.6 is 11.6 Å². The largest absolute Gasteiger partial charge is 0.280 e. The predicted molar refractivity (Wildman–Crippen MR) is 71.2 cm³/mol. The van der Waals surface area contributed by atoms with Gasteiger partial charge >= 0.3 is 0 Å². The van der Waals surface area contributed by atoms with E-state index in [9.17, 15) is 8.42 Å². The fraction of sp³-hybridized carbons (Fsp3) is 0. The number of halogens is 1. The third-order valence-electron chi connectivity index (χ3n) is 2.25. The quantitative estimate of drug-likeness (QED) is 0.881. The molecule has 1 N–H and O–H groups in total. The fourth-order valence-electron chi connectivity index (χ4n) is 1.42. The number of aromatic nitrogens is 1. The van der Waals surface area contributed by atoms with Gasteiger partial charge in [-0.25, -0.2) is 13.4 Å². The van der Waals surface area contributed by atoms with Crippen LogP contribution in [-0.4, -0.2) is 13.4 Å². The Morgan fingerprint density at radius 2 is 2.05 bits per heavy atom. The molecule has 0 spiro atoms. The molecule has 2 aromatic rings. The maximum atomic E-state index is 12.1. The van der Waals surface area contributed by atoms with E-state index in [1.54, 1.807) is 18.2 Å². The number of pyridine rings is 1. The maximum Gasteiger partial charge on any atom is 0.262 e. The van der Waals surface area contributed by atoms with Gasteiger partial charge in [-0.3, -0.25) is 4.72 Å². The average molecular weight is 294 g/mol. The van der Waals surface area contributed by atoms with Crippen molar-refractivity contribution in [1.82, 2.24) is 4.98 Å². The minimum atomic E-state index is -3.74. The molecule has 19 heavy (non-hydrogen) atoms. The van der Waals surface area contributed by atoms with Gasteiger partial charge in [0.25, 0.3) is 10.0 Å². The van der Waals surface area contributed by atoms with Crippen LogP contribution in [0, 0.1) is 11.3 Å². The molecule has 0 saturated heterocycles. The molecule has 1 aromatic carbocycles. The van der Waals surface area contributed by atoms with Crippen LogP contribution in [-0.2, 0) is 10.0 Å². The van der Waals surface area contributed by atoms with Gasteiger partial charge in [-0.2, -0.15) is 5.26 Å². The Balaban J connectivity index is 2.34. The summed E-state index contributed by atoms with van der Waals surface area (Å²) in [5.41, 5.74) is 0.681. The maximum absolute atomic E-state index is 12.1. The van der Waals surface area contributed by atoms with Crippen LogP contribution < -0.4 is 4.72 Å². The highest BCUT2D eigenvalue weighted by molar-refractivity contribution is 7.92. The lowest BCUT2D eigenvalue weighted by Crippen LogP contribution is -2.13. The first kappa shape index (κ1) is 13.3. The number of rotatable bonds is 3. The number of hydrogen-bond donors (Lipinski definition) is 1. The molecule has 0 unspecified atom stereocenters. The van der Waals surface area contributed by atoms with E-state index in [0.29, 0.717) is 11.3 Å². The monoisotopic (exact) mass is 293 g/mol. The van der Waals surface area contributed by atoms with Gasteiger partial charge in [0.1, 0.15) is 5.15 Å². The van der Waals surface area contributed by atoms with Crippen molar-refractivity contribution < 1.29 is 8.42 Å². The van der Waals surface area contributed by atoms with Crippen LogP contribution in [0.4, 0.5) is 5.69 Å². The lowest BCUT2D eigenvalue weighted by atomic mass is 10.2. The third-order valence-corrected chi connectivity index (χ3v) is 3.84. The normalized spacial score (nSPS) is 10.7. The van der Waals surface area contributed by atoms with Crippen LogP contribution in [0.1, 0.15) is 5.56 Å². The number of nitrogens with one attached hydrogen (secondary N) is 1. The number of sulfonamides is 1. The van der Waals surface area contributed by atoms with E-state index < -0.39 is 10.0 Å². The summed E-state index contributed by atoms with van der Waals surface area (Å²) in [7, 11) is -3.74. The Morgan fingerprint density at radius 3 is 2.74 bits per heavy atom. The topological polar surface area (TPSA) is 82.9 Å². The van der Waals surface area contributed by atoms with Crippen molar-refractivity contribution in [2.45, 2.75) is 4.90 Å². The minimum Gasteiger partial charge on any atom is -0.280 e. The van der Waals surface area contributed by atoms with E-state index in [4.69, 9.17) is 16.9 Å². The van der Waals surface area contributed by atoms with Crippen molar-refractivity contribution in [3.05, 3.63) is 53.3 Å². The molecule has 0 aliphatic heterocycles. The molecule has 0 fully saturated rings. The second-order valence-corrected chi connectivity index (χ2v) is 5.68. The Labute approximate surface area is 115 Å².